The van der Waals surface area contributed by atoms with Crippen molar-refractivity contribution in [3.05, 3.63) is 46.5 Å². The summed E-state index contributed by atoms with van der Waals surface area (Å²) in [6.07, 6.45) is 5.41. The van der Waals surface area contributed by atoms with Crippen LogP contribution in [0.1, 0.15) is 60.9 Å². The minimum Gasteiger partial charge on any atom is -0.334 e. The number of carbonyl (C=O) groups is 1. The van der Waals surface area contributed by atoms with E-state index in [1.165, 1.54) is 5.56 Å². The predicted molar refractivity (Wildman–Crippen MR) is 98.2 cm³/mol. The Morgan fingerprint density at radius 1 is 1.40 bits per heavy atom. The predicted octanol–water partition coefficient (Wildman–Crippen LogP) is 3.53. The van der Waals surface area contributed by atoms with Gasteiger partial charge in [0, 0.05) is 24.0 Å². The molecule has 0 spiro atoms. The van der Waals surface area contributed by atoms with Crippen molar-refractivity contribution < 1.29 is 4.79 Å². The van der Waals surface area contributed by atoms with E-state index in [1.54, 1.807) is 0 Å². The van der Waals surface area contributed by atoms with E-state index in [0.717, 1.165) is 48.5 Å². The zero-order chi connectivity index (χ0) is 18.0. The molecule has 0 saturated carbocycles. The number of carbonyl (C=O) groups excluding carboxylic acids is 1. The zero-order valence-electron chi connectivity index (χ0n) is 15.7. The van der Waals surface area contributed by atoms with Gasteiger partial charge >= 0.3 is 0 Å². The second-order valence-corrected chi connectivity index (χ2v) is 7.49. The van der Waals surface area contributed by atoms with Crippen LogP contribution in [0.4, 0.5) is 0 Å². The van der Waals surface area contributed by atoms with Crippen LogP contribution < -0.4 is 0 Å². The second-order valence-electron chi connectivity index (χ2n) is 7.49. The maximum absolute atomic E-state index is 13.2. The molecule has 2 heterocycles. The Bertz CT molecular complexity index is 730. The maximum Gasteiger partial charge on any atom is 0.227 e. The summed E-state index contributed by atoms with van der Waals surface area (Å²) in [6.45, 7) is 9.02. The van der Waals surface area contributed by atoms with Gasteiger partial charge in [0.05, 0.1) is 23.9 Å². The fraction of sp³-hybridized carbons (Fsp3) is 0.550. The van der Waals surface area contributed by atoms with Crippen LogP contribution in [0, 0.1) is 19.8 Å². The van der Waals surface area contributed by atoms with Crippen molar-refractivity contribution in [2.75, 3.05) is 6.54 Å². The van der Waals surface area contributed by atoms with E-state index in [0.29, 0.717) is 12.3 Å². The third-order valence-electron chi connectivity index (χ3n) is 5.03. The van der Waals surface area contributed by atoms with Crippen LogP contribution in [-0.2, 0) is 17.6 Å². The van der Waals surface area contributed by atoms with Crippen molar-refractivity contribution in [1.82, 2.24) is 20.1 Å². The summed E-state index contributed by atoms with van der Waals surface area (Å²) < 4.78 is 0. The van der Waals surface area contributed by atoms with Crippen LogP contribution >= 0.6 is 0 Å². The van der Waals surface area contributed by atoms with E-state index in [-0.39, 0.29) is 11.9 Å². The Morgan fingerprint density at radius 3 is 2.88 bits per heavy atom. The number of H-pyrrole nitrogens is 1. The Labute approximate surface area is 149 Å². The number of nitrogens with one attached hydrogen (secondary N) is 1. The van der Waals surface area contributed by atoms with Gasteiger partial charge in [-0.15, -0.1) is 0 Å². The number of fused-ring (bicyclic) bond motifs is 1. The Hall–Kier alpha value is -2.17. The number of aryl methyl sites for hydroxylation is 3. The molecule has 0 radical (unpaired) electrons. The molecular weight excluding hydrogens is 312 g/mol. The van der Waals surface area contributed by atoms with Gasteiger partial charge in [-0.05, 0) is 50.7 Å². The van der Waals surface area contributed by atoms with E-state index in [2.05, 4.69) is 40.0 Å². The molecule has 25 heavy (non-hydrogen) atoms. The van der Waals surface area contributed by atoms with E-state index < -0.39 is 0 Å². The number of pyridine rings is 1. The lowest BCUT2D eigenvalue weighted by Gasteiger charge is -2.36. The summed E-state index contributed by atoms with van der Waals surface area (Å²) in [5.41, 5.74) is 5.30. The zero-order valence-corrected chi connectivity index (χ0v) is 15.7. The number of aromatic nitrogens is 3. The van der Waals surface area contributed by atoms with Gasteiger partial charge in [0.15, 0.2) is 0 Å². The SMILES string of the molecule is Cc1n[nH]c(C)c1CC(=O)N(CC(C)C)C1CCCc2cccnc21. The molecule has 5 heteroatoms. The molecule has 1 unspecified atom stereocenters. The van der Waals surface area contributed by atoms with Gasteiger partial charge in [0.1, 0.15) is 0 Å². The molecule has 1 atom stereocenters. The van der Waals surface area contributed by atoms with Gasteiger partial charge in [0.2, 0.25) is 5.91 Å². The molecule has 0 aliphatic heterocycles. The van der Waals surface area contributed by atoms with Crippen molar-refractivity contribution in [2.24, 2.45) is 5.92 Å². The number of rotatable bonds is 5. The minimum absolute atomic E-state index is 0.0902. The quantitative estimate of drug-likeness (QED) is 0.906. The van der Waals surface area contributed by atoms with Crippen LogP contribution in [-0.4, -0.2) is 32.5 Å². The molecular formula is C20H28N4O. The minimum atomic E-state index is 0.0902. The largest absolute Gasteiger partial charge is 0.334 e. The number of amides is 1. The highest BCUT2D eigenvalue weighted by atomic mass is 16.2. The van der Waals surface area contributed by atoms with Crippen LogP contribution in [0.25, 0.3) is 0 Å². The Balaban J connectivity index is 1.89. The van der Waals surface area contributed by atoms with Gasteiger partial charge in [-0.3, -0.25) is 14.9 Å². The van der Waals surface area contributed by atoms with Crippen LogP contribution in [0.3, 0.4) is 0 Å². The van der Waals surface area contributed by atoms with Gasteiger partial charge in [0.25, 0.3) is 0 Å². The molecule has 2 aromatic heterocycles. The fourth-order valence-corrected chi connectivity index (χ4v) is 3.77. The number of hydrogen-bond acceptors (Lipinski definition) is 3. The Kier molecular flexibility index (Phi) is 5.21. The topological polar surface area (TPSA) is 61.9 Å². The van der Waals surface area contributed by atoms with Crippen molar-refractivity contribution >= 4 is 5.91 Å². The standard InChI is InChI=1S/C20H28N4O/c1-13(2)12-24(19(25)11-17-14(3)22-23-15(17)4)18-9-5-7-16-8-6-10-21-20(16)18/h6,8,10,13,18H,5,7,9,11-12H2,1-4H3,(H,22,23). The monoisotopic (exact) mass is 340 g/mol. The third-order valence-corrected chi connectivity index (χ3v) is 5.03. The van der Waals surface area contributed by atoms with E-state index in [1.807, 2.05) is 26.1 Å². The molecule has 1 aliphatic rings. The van der Waals surface area contributed by atoms with Crippen molar-refractivity contribution in [3.63, 3.8) is 0 Å². The maximum atomic E-state index is 13.2. The van der Waals surface area contributed by atoms with Crippen LogP contribution in [0.2, 0.25) is 0 Å². The molecule has 3 rings (SSSR count). The molecule has 0 saturated heterocycles. The normalized spacial score (nSPS) is 16.8. The summed E-state index contributed by atoms with van der Waals surface area (Å²) in [4.78, 5) is 19.9. The van der Waals surface area contributed by atoms with E-state index in [4.69, 9.17) is 0 Å². The highest BCUT2D eigenvalue weighted by molar-refractivity contribution is 5.80. The van der Waals surface area contributed by atoms with Crippen LogP contribution in [0.15, 0.2) is 18.3 Å². The summed E-state index contributed by atoms with van der Waals surface area (Å²) in [5.74, 6) is 0.592. The van der Waals surface area contributed by atoms with E-state index >= 15 is 0 Å². The smallest absolute Gasteiger partial charge is 0.227 e. The van der Waals surface area contributed by atoms with Crippen molar-refractivity contribution in [1.29, 1.82) is 0 Å². The highest BCUT2D eigenvalue weighted by Crippen LogP contribution is 2.33. The molecule has 1 amide bonds. The molecule has 2 aromatic rings. The molecule has 0 aromatic carbocycles. The van der Waals surface area contributed by atoms with E-state index in [9.17, 15) is 4.79 Å². The Morgan fingerprint density at radius 2 is 2.20 bits per heavy atom. The first-order valence-electron chi connectivity index (χ1n) is 9.21. The first-order valence-corrected chi connectivity index (χ1v) is 9.21. The number of hydrogen-bond donors (Lipinski definition) is 1. The molecule has 0 bridgehead atoms. The molecule has 5 nitrogen and oxygen atoms in total. The lowest BCUT2D eigenvalue weighted by Crippen LogP contribution is -2.40. The number of aromatic amines is 1. The van der Waals surface area contributed by atoms with Crippen molar-refractivity contribution in [3.8, 4) is 0 Å². The average molecular weight is 340 g/mol. The molecule has 0 fully saturated rings. The lowest BCUT2D eigenvalue weighted by molar-refractivity contribution is -0.134. The number of nitrogens with zero attached hydrogens (tertiary/aromatic N) is 3. The van der Waals surface area contributed by atoms with Gasteiger partial charge in [-0.2, -0.15) is 5.10 Å². The third kappa shape index (κ3) is 3.75. The van der Waals surface area contributed by atoms with Gasteiger partial charge < -0.3 is 4.90 Å². The summed E-state index contributed by atoms with van der Waals surface area (Å²) in [5, 5.41) is 7.21. The first kappa shape index (κ1) is 17.6. The molecule has 134 valence electrons. The lowest BCUT2D eigenvalue weighted by atomic mass is 9.90. The fourth-order valence-electron chi connectivity index (χ4n) is 3.77. The van der Waals surface area contributed by atoms with Crippen molar-refractivity contribution in [2.45, 2.75) is 59.4 Å². The second kappa shape index (κ2) is 7.38. The molecule has 1 N–H and O–H groups in total. The van der Waals surface area contributed by atoms with Crippen LogP contribution in [0.5, 0.6) is 0 Å². The summed E-state index contributed by atoms with van der Waals surface area (Å²) in [7, 11) is 0. The highest BCUT2D eigenvalue weighted by Gasteiger charge is 2.31. The van der Waals surface area contributed by atoms with Gasteiger partial charge in [-0.1, -0.05) is 19.9 Å². The first-order chi connectivity index (χ1) is 12.0. The summed E-state index contributed by atoms with van der Waals surface area (Å²) >= 11 is 0. The average Bonchev–Trinajstić information content (AvgIpc) is 2.91. The molecule has 1 aliphatic carbocycles. The summed E-state index contributed by atoms with van der Waals surface area (Å²) in [6, 6.07) is 4.23. The van der Waals surface area contributed by atoms with Gasteiger partial charge in [-0.25, -0.2) is 0 Å².